The predicted molar refractivity (Wildman–Crippen MR) is 141 cm³/mol. The number of fused-ring (bicyclic) bond motifs is 1. The van der Waals surface area contributed by atoms with Crippen molar-refractivity contribution in [1.29, 1.82) is 0 Å². The normalized spacial score (nSPS) is 17.6. The van der Waals surface area contributed by atoms with Gasteiger partial charge in [-0.1, -0.05) is 44.2 Å². The first kappa shape index (κ1) is 27.7. The standard InChI is InChI=1S/C25H32N4O5S2/c1-14(2)21(28-22(30)18(26)13-35)24(32)29-12-16-7-4-3-6-15(16)10-20(29)23(31)27-19(25(33)34)11-17-8-5-9-36-17/h3-9,14,18-21,35H,10-13,26H2,1-2H3,(H,27,31)(H,28,30)(H,33,34)/t18-,19?,20?,21-/m0/s1. The molecule has 194 valence electrons. The average Bonchev–Trinajstić information content (AvgIpc) is 3.37. The number of aliphatic carboxylic acids is 1. The molecule has 0 bridgehead atoms. The van der Waals surface area contributed by atoms with Crippen molar-refractivity contribution in [2.45, 2.75) is 57.4 Å². The topological polar surface area (TPSA) is 142 Å². The van der Waals surface area contributed by atoms with Crippen molar-refractivity contribution < 1.29 is 24.3 Å². The van der Waals surface area contributed by atoms with Gasteiger partial charge in [0.05, 0.1) is 6.04 Å². The number of amides is 3. The molecular formula is C25H32N4O5S2. The fraction of sp³-hybridized carbons (Fsp3) is 0.440. The van der Waals surface area contributed by atoms with Crippen molar-refractivity contribution in [2.75, 3.05) is 5.75 Å². The molecule has 2 aromatic rings. The van der Waals surface area contributed by atoms with E-state index in [2.05, 4.69) is 23.3 Å². The first-order chi connectivity index (χ1) is 17.1. The van der Waals surface area contributed by atoms with E-state index in [1.54, 1.807) is 13.8 Å². The van der Waals surface area contributed by atoms with Crippen LogP contribution in [0.25, 0.3) is 0 Å². The zero-order valence-electron chi connectivity index (χ0n) is 20.2. The highest BCUT2D eigenvalue weighted by Crippen LogP contribution is 2.25. The molecule has 9 nitrogen and oxygen atoms in total. The van der Waals surface area contributed by atoms with Gasteiger partial charge in [0.2, 0.25) is 17.7 Å². The van der Waals surface area contributed by atoms with Crippen molar-refractivity contribution in [1.82, 2.24) is 15.5 Å². The zero-order valence-corrected chi connectivity index (χ0v) is 21.9. The Hall–Kier alpha value is -2.89. The number of rotatable bonds is 10. The minimum Gasteiger partial charge on any atom is -0.480 e. The van der Waals surface area contributed by atoms with Gasteiger partial charge in [0.25, 0.3) is 0 Å². The van der Waals surface area contributed by atoms with Crippen molar-refractivity contribution >= 4 is 47.7 Å². The number of carbonyl (C=O) groups excluding carboxylic acids is 3. The smallest absolute Gasteiger partial charge is 0.326 e. The second-order valence-corrected chi connectivity index (χ2v) is 10.6. The van der Waals surface area contributed by atoms with Crippen molar-refractivity contribution in [2.24, 2.45) is 11.7 Å². The summed E-state index contributed by atoms with van der Waals surface area (Å²) in [6.45, 7) is 3.75. The third-order valence-electron chi connectivity index (χ3n) is 6.20. The number of nitrogens with one attached hydrogen (secondary N) is 2. The van der Waals surface area contributed by atoms with E-state index in [0.717, 1.165) is 16.0 Å². The molecule has 1 aliphatic rings. The molecule has 2 heterocycles. The second kappa shape index (κ2) is 12.4. The van der Waals surface area contributed by atoms with Crippen molar-refractivity contribution in [3.8, 4) is 0 Å². The van der Waals surface area contributed by atoms with E-state index in [1.807, 2.05) is 41.8 Å². The molecule has 0 saturated heterocycles. The summed E-state index contributed by atoms with van der Waals surface area (Å²) in [7, 11) is 0. The largest absolute Gasteiger partial charge is 0.480 e. The van der Waals surface area contributed by atoms with Gasteiger partial charge in [0, 0.05) is 30.0 Å². The third-order valence-corrected chi connectivity index (χ3v) is 7.49. The van der Waals surface area contributed by atoms with Crippen LogP contribution in [-0.2, 0) is 38.6 Å². The Bertz CT molecular complexity index is 1090. The van der Waals surface area contributed by atoms with Crippen molar-refractivity contribution in [3.63, 3.8) is 0 Å². The van der Waals surface area contributed by atoms with Gasteiger partial charge in [0.15, 0.2) is 0 Å². The number of carboxylic acids is 1. The Kier molecular flexibility index (Phi) is 9.52. The molecule has 3 amide bonds. The van der Waals surface area contributed by atoms with Gasteiger partial charge in [-0.25, -0.2) is 4.79 Å². The van der Waals surface area contributed by atoms with Crippen LogP contribution >= 0.6 is 24.0 Å². The van der Waals surface area contributed by atoms with Crippen LogP contribution in [0.3, 0.4) is 0 Å². The molecule has 0 fully saturated rings. The maximum Gasteiger partial charge on any atom is 0.326 e. The molecule has 1 aromatic heterocycles. The van der Waals surface area contributed by atoms with Gasteiger partial charge < -0.3 is 26.4 Å². The fourth-order valence-electron chi connectivity index (χ4n) is 4.12. The van der Waals surface area contributed by atoms with Gasteiger partial charge in [-0.15, -0.1) is 11.3 Å². The van der Waals surface area contributed by atoms with Crippen LogP contribution in [0.1, 0.15) is 29.9 Å². The first-order valence-corrected chi connectivity index (χ1v) is 13.2. The molecule has 0 saturated carbocycles. The lowest BCUT2D eigenvalue weighted by atomic mass is 9.91. The number of hydrogen-bond donors (Lipinski definition) is 5. The third kappa shape index (κ3) is 6.65. The first-order valence-electron chi connectivity index (χ1n) is 11.7. The second-order valence-electron chi connectivity index (χ2n) is 9.16. The van der Waals surface area contributed by atoms with Gasteiger partial charge in [0.1, 0.15) is 18.1 Å². The monoisotopic (exact) mass is 532 g/mol. The molecule has 5 N–H and O–H groups in total. The average molecular weight is 533 g/mol. The van der Waals surface area contributed by atoms with Crippen LogP contribution in [0, 0.1) is 5.92 Å². The van der Waals surface area contributed by atoms with E-state index in [1.165, 1.54) is 16.2 Å². The number of thiophene rings is 1. The molecule has 3 rings (SSSR count). The van der Waals surface area contributed by atoms with E-state index in [4.69, 9.17) is 5.73 Å². The number of carboxylic acid groups (broad SMARTS) is 1. The number of benzene rings is 1. The Labute approximate surface area is 219 Å². The van der Waals surface area contributed by atoms with Gasteiger partial charge in [-0.2, -0.15) is 12.6 Å². The predicted octanol–water partition coefficient (Wildman–Crippen LogP) is 1.21. The lowest BCUT2D eigenvalue weighted by Crippen LogP contribution is -2.61. The molecule has 11 heteroatoms. The lowest BCUT2D eigenvalue weighted by Gasteiger charge is -2.39. The van der Waals surface area contributed by atoms with E-state index >= 15 is 0 Å². The molecule has 2 unspecified atom stereocenters. The SMILES string of the molecule is CC(C)[C@H](NC(=O)[C@@H](N)CS)C(=O)N1Cc2ccccc2CC1C(=O)NC(Cc1cccs1)C(=O)O. The van der Waals surface area contributed by atoms with Crippen LogP contribution < -0.4 is 16.4 Å². The molecular weight excluding hydrogens is 500 g/mol. The molecule has 1 aliphatic heterocycles. The van der Waals surface area contributed by atoms with Gasteiger partial charge >= 0.3 is 5.97 Å². The minimum atomic E-state index is -1.15. The van der Waals surface area contributed by atoms with Gasteiger partial charge in [-0.3, -0.25) is 14.4 Å². The maximum absolute atomic E-state index is 13.7. The quantitative estimate of drug-likeness (QED) is 0.291. The summed E-state index contributed by atoms with van der Waals surface area (Å²) in [5.74, 6) is -2.79. The summed E-state index contributed by atoms with van der Waals surface area (Å²) < 4.78 is 0. The van der Waals surface area contributed by atoms with Crippen LogP contribution in [-0.4, -0.2) is 63.6 Å². The Morgan fingerprint density at radius 1 is 1.14 bits per heavy atom. The highest BCUT2D eigenvalue weighted by Gasteiger charge is 2.40. The van der Waals surface area contributed by atoms with Gasteiger partial charge in [-0.05, 0) is 28.5 Å². The number of carbonyl (C=O) groups is 4. The number of nitrogens with zero attached hydrogens (tertiary/aromatic N) is 1. The Morgan fingerprint density at radius 2 is 1.83 bits per heavy atom. The maximum atomic E-state index is 13.7. The van der Waals surface area contributed by atoms with Crippen LogP contribution in [0.5, 0.6) is 0 Å². The molecule has 36 heavy (non-hydrogen) atoms. The lowest BCUT2D eigenvalue weighted by molar-refractivity contribution is -0.147. The summed E-state index contributed by atoms with van der Waals surface area (Å²) in [4.78, 5) is 53.8. The molecule has 1 aromatic carbocycles. The van der Waals surface area contributed by atoms with Crippen LogP contribution in [0.4, 0.5) is 0 Å². The number of nitrogens with two attached hydrogens (primary N) is 1. The number of thiol groups is 1. The molecule has 0 radical (unpaired) electrons. The van der Waals surface area contributed by atoms with Crippen LogP contribution in [0.15, 0.2) is 41.8 Å². The van der Waals surface area contributed by atoms with E-state index in [0.29, 0.717) is 0 Å². The van der Waals surface area contributed by atoms with E-state index in [9.17, 15) is 24.3 Å². The van der Waals surface area contributed by atoms with E-state index in [-0.39, 0.29) is 31.1 Å². The summed E-state index contributed by atoms with van der Waals surface area (Å²) >= 11 is 5.46. The van der Waals surface area contributed by atoms with Crippen molar-refractivity contribution in [3.05, 3.63) is 57.8 Å². The highest BCUT2D eigenvalue weighted by atomic mass is 32.1. The zero-order chi connectivity index (χ0) is 26.4. The molecule has 0 spiro atoms. The highest BCUT2D eigenvalue weighted by molar-refractivity contribution is 7.80. The molecule has 0 aliphatic carbocycles. The minimum absolute atomic E-state index is 0.119. The fourth-order valence-corrected chi connectivity index (χ4v) is 5.04. The molecule has 4 atom stereocenters. The summed E-state index contributed by atoms with van der Waals surface area (Å²) in [6.07, 6.45) is 0.371. The van der Waals surface area contributed by atoms with E-state index < -0.39 is 47.9 Å². The summed E-state index contributed by atoms with van der Waals surface area (Å²) in [5.41, 5.74) is 7.59. The number of hydrogen-bond acceptors (Lipinski definition) is 7. The Morgan fingerprint density at radius 3 is 2.42 bits per heavy atom. The van der Waals surface area contributed by atoms with Crippen LogP contribution in [0.2, 0.25) is 0 Å². The summed E-state index contributed by atoms with van der Waals surface area (Å²) in [5, 5.41) is 16.9. The Balaban J connectivity index is 1.88. The summed E-state index contributed by atoms with van der Waals surface area (Å²) in [6, 6.07) is 7.26.